The first-order valence-electron chi connectivity index (χ1n) is 18.3. The smallest absolute Gasteiger partial charge is 0.0973 e. The molecule has 0 radical (unpaired) electrons. The van der Waals surface area contributed by atoms with Crippen molar-refractivity contribution in [2.24, 2.45) is 0 Å². The van der Waals surface area contributed by atoms with Crippen molar-refractivity contribution in [2.75, 3.05) is 4.90 Å². The van der Waals surface area contributed by atoms with Gasteiger partial charge in [0, 0.05) is 50.2 Å². The lowest BCUT2D eigenvalue weighted by Gasteiger charge is -2.26. The van der Waals surface area contributed by atoms with Crippen molar-refractivity contribution in [1.29, 1.82) is 0 Å². The lowest BCUT2D eigenvalue weighted by atomic mass is 10.0. The molecule has 10 rings (SSSR count). The summed E-state index contributed by atoms with van der Waals surface area (Å²) in [5.74, 6) is 0. The number of nitrogens with zero attached hydrogens (tertiary/aromatic N) is 4. The van der Waals surface area contributed by atoms with Crippen molar-refractivity contribution in [3.8, 4) is 39.3 Å². The predicted molar refractivity (Wildman–Crippen MR) is 225 cm³/mol. The maximum absolute atomic E-state index is 5.34. The van der Waals surface area contributed by atoms with Crippen LogP contribution in [0.5, 0.6) is 0 Å². The molecule has 2 heterocycles. The maximum Gasteiger partial charge on any atom is 0.0973 e. The van der Waals surface area contributed by atoms with E-state index in [1.807, 2.05) is 12.1 Å². The summed E-state index contributed by atoms with van der Waals surface area (Å²) in [6.07, 6.45) is 0. The molecular formula is C50H34N4. The number of hydrogen-bond donors (Lipinski definition) is 0. The molecule has 0 bridgehead atoms. The van der Waals surface area contributed by atoms with Gasteiger partial charge in [-0.05, 0) is 72.3 Å². The van der Waals surface area contributed by atoms with Gasteiger partial charge in [-0.3, -0.25) is 0 Å². The highest BCUT2D eigenvalue weighted by atomic mass is 15.1. The summed E-state index contributed by atoms with van der Waals surface area (Å²) < 4.78 is 2.35. The van der Waals surface area contributed by atoms with E-state index in [9.17, 15) is 0 Å². The molecule has 4 heteroatoms. The van der Waals surface area contributed by atoms with Gasteiger partial charge in [0.15, 0.2) is 0 Å². The Hall–Kier alpha value is -7.30. The summed E-state index contributed by atoms with van der Waals surface area (Å²) in [6, 6.07) is 72.4. The van der Waals surface area contributed by atoms with E-state index < -0.39 is 0 Å². The van der Waals surface area contributed by atoms with Gasteiger partial charge in [0.2, 0.25) is 0 Å². The van der Waals surface area contributed by atoms with Gasteiger partial charge >= 0.3 is 0 Å². The van der Waals surface area contributed by atoms with Gasteiger partial charge in [0.25, 0.3) is 0 Å². The Kier molecular flexibility index (Phi) is 7.77. The molecule has 0 saturated carbocycles. The molecular weight excluding hydrogens is 657 g/mol. The Labute approximate surface area is 313 Å². The second-order valence-electron chi connectivity index (χ2n) is 13.4. The molecule has 0 fully saturated rings. The topological polar surface area (TPSA) is 34.0 Å². The molecule has 0 amide bonds. The molecule has 0 saturated heterocycles. The fourth-order valence-corrected chi connectivity index (χ4v) is 7.67. The minimum Gasteiger partial charge on any atom is -0.311 e. The van der Waals surface area contributed by atoms with Crippen molar-refractivity contribution in [2.45, 2.75) is 0 Å². The Balaban J connectivity index is 1.07. The van der Waals surface area contributed by atoms with Gasteiger partial charge < -0.3 is 9.47 Å². The van der Waals surface area contributed by atoms with E-state index in [-0.39, 0.29) is 0 Å². The molecule has 0 atom stereocenters. The lowest BCUT2D eigenvalue weighted by Crippen LogP contribution is -2.10. The standard InChI is InChI=1S/C50H34N4/c1-4-15-35(16-5-1)42-23-14-24-45-50(42)52-49(36-17-6-2-7-18-36)48(51-45)37-27-29-39(30-28-37)53(38-19-8-3-9-20-38)40-31-33-41(34-32-40)54-46-25-12-10-21-43(46)44-22-11-13-26-47(44)54/h1-34H. The second kappa shape index (κ2) is 13.4. The Morgan fingerprint density at radius 1 is 0.352 bits per heavy atom. The molecule has 2 aromatic heterocycles. The number of rotatable bonds is 7. The van der Waals surface area contributed by atoms with E-state index in [0.29, 0.717) is 0 Å². The van der Waals surface area contributed by atoms with Gasteiger partial charge in [0.05, 0.1) is 33.5 Å². The van der Waals surface area contributed by atoms with E-state index in [4.69, 9.17) is 9.97 Å². The largest absolute Gasteiger partial charge is 0.311 e. The van der Waals surface area contributed by atoms with E-state index in [0.717, 1.165) is 67.4 Å². The number of aromatic nitrogens is 3. The number of fused-ring (bicyclic) bond motifs is 4. The minimum absolute atomic E-state index is 0.854. The fraction of sp³-hybridized carbons (Fsp3) is 0. The van der Waals surface area contributed by atoms with Crippen LogP contribution >= 0.6 is 0 Å². The summed E-state index contributed by atoms with van der Waals surface area (Å²) in [5.41, 5.74) is 14.4. The van der Waals surface area contributed by atoms with Crippen LogP contribution < -0.4 is 4.90 Å². The highest BCUT2D eigenvalue weighted by Crippen LogP contribution is 2.39. The molecule has 8 aromatic carbocycles. The van der Waals surface area contributed by atoms with Crippen LogP contribution in [0.4, 0.5) is 17.1 Å². The summed E-state index contributed by atoms with van der Waals surface area (Å²) in [7, 11) is 0. The number of hydrogen-bond acceptors (Lipinski definition) is 3. The average Bonchev–Trinajstić information content (AvgIpc) is 3.59. The number of para-hydroxylation sites is 4. The van der Waals surface area contributed by atoms with E-state index in [2.05, 4.69) is 204 Å². The van der Waals surface area contributed by atoms with Gasteiger partial charge in [-0.1, -0.05) is 140 Å². The first-order chi connectivity index (χ1) is 26.8. The zero-order valence-corrected chi connectivity index (χ0v) is 29.4. The summed E-state index contributed by atoms with van der Waals surface area (Å²) >= 11 is 0. The highest BCUT2D eigenvalue weighted by molar-refractivity contribution is 6.09. The third kappa shape index (κ3) is 5.49. The van der Waals surface area contributed by atoms with Crippen LogP contribution in [0.25, 0.3) is 72.2 Å². The van der Waals surface area contributed by atoms with Crippen molar-refractivity contribution < 1.29 is 0 Å². The van der Waals surface area contributed by atoms with Crippen molar-refractivity contribution >= 4 is 49.9 Å². The van der Waals surface area contributed by atoms with Crippen LogP contribution in [-0.4, -0.2) is 14.5 Å². The summed E-state index contributed by atoms with van der Waals surface area (Å²) in [4.78, 5) is 12.9. The number of anilines is 3. The SMILES string of the molecule is c1ccc(-c2nc3c(-c4ccccc4)cccc3nc2-c2ccc(N(c3ccccc3)c3ccc(-n4c5ccccc5c5ccccc54)cc3)cc2)cc1. The van der Waals surface area contributed by atoms with E-state index >= 15 is 0 Å². The summed E-state index contributed by atoms with van der Waals surface area (Å²) in [5, 5.41) is 2.51. The molecule has 0 spiro atoms. The molecule has 0 unspecified atom stereocenters. The fourth-order valence-electron chi connectivity index (χ4n) is 7.67. The van der Waals surface area contributed by atoms with Crippen molar-refractivity contribution in [1.82, 2.24) is 14.5 Å². The zero-order valence-electron chi connectivity index (χ0n) is 29.4. The third-order valence-corrected chi connectivity index (χ3v) is 10.2. The second-order valence-corrected chi connectivity index (χ2v) is 13.4. The molecule has 4 nitrogen and oxygen atoms in total. The Morgan fingerprint density at radius 2 is 0.833 bits per heavy atom. The van der Waals surface area contributed by atoms with Crippen LogP contribution in [0.15, 0.2) is 206 Å². The predicted octanol–water partition coefficient (Wildman–Crippen LogP) is 13.2. The normalized spacial score (nSPS) is 11.3. The number of benzene rings is 8. The van der Waals surface area contributed by atoms with Gasteiger partial charge in [-0.15, -0.1) is 0 Å². The van der Waals surface area contributed by atoms with Crippen molar-refractivity contribution in [3.63, 3.8) is 0 Å². The molecule has 54 heavy (non-hydrogen) atoms. The Morgan fingerprint density at radius 3 is 1.46 bits per heavy atom. The highest BCUT2D eigenvalue weighted by Gasteiger charge is 2.18. The lowest BCUT2D eigenvalue weighted by molar-refractivity contribution is 1.17. The average molecular weight is 691 g/mol. The zero-order chi connectivity index (χ0) is 35.8. The van der Waals surface area contributed by atoms with Crippen LogP contribution in [0, 0.1) is 0 Å². The first-order valence-corrected chi connectivity index (χ1v) is 18.3. The van der Waals surface area contributed by atoms with Crippen LogP contribution in [0.3, 0.4) is 0 Å². The molecule has 0 N–H and O–H groups in total. The molecule has 254 valence electrons. The molecule has 0 aliphatic heterocycles. The van der Waals surface area contributed by atoms with Crippen LogP contribution in [-0.2, 0) is 0 Å². The monoisotopic (exact) mass is 690 g/mol. The Bertz CT molecular complexity index is 2850. The van der Waals surface area contributed by atoms with Crippen LogP contribution in [0.2, 0.25) is 0 Å². The molecule has 0 aliphatic carbocycles. The van der Waals surface area contributed by atoms with Crippen LogP contribution in [0.1, 0.15) is 0 Å². The third-order valence-electron chi connectivity index (χ3n) is 10.2. The van der Waals surface area contributed by atoms with Gasteiger partial charge in [-0.25, -0.2) is 9.97 Å². The maximum atomic E-state index is 5.34. The molecule has 0 aliphatic rings. The van der Waals surface area contributed by atoms with E-state index in [1.165, 1.54) is 21.8 Å². The molecule has 10 aromatic rings. The first kappa shape index (κ1) is 31.4. The van der Waals surface area contributed by atoms with Gasteiger partial charge in [-0.2, -0.15) is 0 Å². The van der Waals surface area contributed by atoms with E-state index in [1.54, 1.807) is 0 Å². The van der Waals surface area contributed by atoms with Gasteiger partial charge in [0.1, 0.15) is 0 Å². The minimum atomic E-state index is 0.854. The summed E-state index contributed by atoms with van der Waals surface area (Å²) in [6.45, 7) is 0. The van der Waals surface area contributed by atoms with Crippen molar-refractivity contribution in [3.05, 3.63) is 206 Å². The quantitative estimate of drug-likeness (QED) is 0.167.